The largest absolute Gasteiger partial charge is 0.475 e. The standard InChI is InChI=1S/C14H24N2O3/c1-12(2)16-11-13-4-5-15-14(10-13)19-9-8-18-7-6-17-3/h4-5,10,12,16H,6-9,11H2,1-3H3. The van der Waals surface area contributed by atoms with Crippen LogP contribution in [0.4, 0.5) is 0 Å². The lowest BCUT2D eigenvalue weighted by Crippen LogP contribution is -2.21. The fourth-order valence-electron chi connectivity index (χ4n) is 1.41. The van der Waals surface area contributed by atoms with E-state index in [4.69, 9.17) is 14.2 Å². The monoisotopic (exact) mass is 268 g/mol. The van der Waals surface area contributed by atoms with Crippen LogP contribution < -0.4 is 10.1 Å². The number of pyridine rings is 1. The number of hydrogen-bond acceptors (Lipinski definition) is 5. The molecule has 0 unspecified atom stereocenters. The van der Waals surface area contributed by atoms with Crippen molar-refractivity contribution in [2.75, 3.05) is 33.5 Å². The Balaban J connectivity index is 2.24. The Morgan fingerprint density at radius 2 is 2.00 bits per heavy atom. The minimum atomic E-state index is 0.465. The Morgan fingerprint density at radius 3 is 2.74 bits per heavy atom. The second-order valence-electron chi connectivity index (χ2n) is 4.49. The van der Waals surface area contributed by atoms with Gasteiger partial charge in [0.15, 0.2) is 0 Å². The third-order valence-electron chi connectivity index (χ3n) is 2.42. The number of methoxy groups -OCH3 is 1. The van der Waals surface area contributed by atoms with E-state index < -0.39 is 0 Å². The van der Waals surface area contributed by atoms with E-state index in [1.54, 1.807) is 13.3 Å². The average Bonchev–Trinajstić information content (AvgIpc) is 2.41. The molecule has 0 aliphatic heterocycles. The second kappa shape index (κ2) is 9.72. The molecule has 0 aliphatic carbocycles. The molecule has 108 valence electrons. The van der Waals surface area contributed by atoms with E-state index in [1.807, 2.05) is 12.1 Å². The summed E-state index contributed by atoms with van der Waals surface area (Å²) in [5.41, 5.74) is 1.17. The summed E-state index contributed by atoms with van der Waals surface area (Å²) < 4.78 is 15.7. The molecule has 0 bridgehead atoms. The number of aromatic nitrogens is 1. The summed E-state index contributed by atoms with van der Waals surface area (Å²) in [5, 5.41) is 3.36. The van der Waals surface area contributed by atoms with Gasteiger partial charge >= 0.3 is 0 Å². The lowest BCUT2D eigenvalue weighted by molar-refractivity contribution is 0.0536. The molecular weight excluding hydrogens is 244 g/mol. The van der Waals surface area contributed by atoms with Gasteiger partial charge in [0, 0.05) is 32.0 Å². The van der Waals surface area contributed by atoms with E-state index >= 15 is 0 Å². The number of nitrogens with zero attached hydrogens (tertiary/aromatic N) is 1. The zero-order valence-electron chi connectivity index (χ0n) is 12.0. The van der Waals surface area contributed by atoms with Crippen LogP contribution in [0.2, 0.25) is 0 Å². The summed E-state index contributed by atoms with van der Waals surface area (Å²) in [6, 6.07) is 4.40. The van der Waals surface area contributed by atoms with Crippen LogP contribution in [0.5, 0.6) is 5.88 Å². The first kappa shape index (κ1) is 15.9. The van der Waals surface area contributed by atoms with Crippen LogP contribution in [0.25, 0.3) is 0 Å². The lowest BCUT2D eigenvalue weighted by atomic mass is 10.2. The normalized spacial score (nSPS) is 10.9. The van der Waals surface area contributed by atoms with Gasteiger partial charge in [-0.3, -0.25) is 0 Å². The first-order chi connectivity index (χ1) is 9.22. The molecule has 0 aliphatic rings. The van der Waals surface area contributed by atoms with Crippen molar-refractivity contribution >= 4 is 0 Å². The van der Waals surface area contributed by atoms with Crippen molar-refractivity contribution in [2.45, 2.75) is 26.4 Å². The van der Waals surface area contributed by atoms with Crippen LogP contribution in [0, 0.1) is 0 Å². The smallest absolute Gasteiger partial charge is 0.213 e. The van der Waals surface area contributed by atoms with E-state index in [2.05, 4.69) is 24.1 Å². The van der Waals surface area contributed by atoms with E-state index in [-0.39, 0.29) is 0 Å². The fourth-order valence-corrected chi connectivity index (χ4v) is 1.41. The molecule has 0 spiro atoms. The van der Waals surface area contributed by atoms with E-state index in [1.165, 1.54) is 5.56 Å². The maximum Gasteiger partial charge on any atom is 0.213 e. The molecule has 1 rings (SSSR count). The molecule has 1 aromatic rings. The van der Waals surface area contributed by atoms with Gasteiger partial charge in [0.2, 0.25) is 5.88 Å². The first-order valence-electron chi connectivity index (χ1n) is 6.60. The van der Waals surface area contributed by atoms with Gasteiger partial charge in [-0.1, -0.05) is 13.8 Å². The highest BCUT2D eigenvalue weighted by atomic mass is 16.5. The zero-order chi connectivity index (χ0) is 13.9. The van der Waals surface area contributed by atoms with Gasteiger partial charge in [-0.15, -0.1) is 0 Å². The van der Waals surface area contributed by atoms with Gasteiger partial charge < -0.3 is 19.5 Å². The Morgan fingerprint density at radius 1 is 1.21 bits per heavy atom. The number of hydrogen-bond donors (Lipinski definition) is 1. The van der Waals surface area contributed by atoms with Crippen LogP contribution in [0.3, 0.4) is 0 Å². The minimum absolute atomic E-state index is 0.465. The Hall–Kier alpha value is -1.17. The molecule has 0 radical (unpaired) electrons. The van der Waals surface area contributed by atoms with Crippen molar-refractivity contribution in [1.82, 2.24) is 10.3 Å². The molecule has 5 heteroatoms. The number of rotatable bonds is 10. The summed E-state index contributed by atoms with van der Waals surface area (Å²) >= 11 is 0. The Bertz CT molecular complexity index is 345. The Labute approximate surface area is 115 Å². The summed E-state index contributed by atoms with van der Waals surface area (Å²) in [6.45, 7) is 7.30. The molecule has 5 nitrogen and oxygen atoms in total. The van der Waals surface area contributed by atoms with Gasteiger partial charge in [-0.2, -0.15) is 0 Å². The summed E-state index contributed by atoms with van der Waals surface area (Å²) in [5.74, 6) is 0.637. The van der Waals surface area contributed by atoms with Gasteiger partial charge in [-0.05, 0) is 11.6 Å². The van der Waals surface area contributed by atoms with Gasteiger partial charge in [0.05, 0.1) is 19.8 Å². The van der Waals surface area contributed by atoms with Crippen LogP contribution in [-0.2, 0) is 16.0 Å². The molecule has 0 atom stereocenters. The average molecular weight is 268 g/mol. The number of nitrogens with one attached hydrogen (secondary N) is 1. The van der Waals surface area contributed by atoms with Crippen molar-refractivity contribution < 1.29 is 14.2 Å². The van der Waals surface area contributed by atoms with Gasteiger partial charge in [-0.25, -0.2) is 4.98 Å². The molecule has 19 heavy (non-hydrogen) atoms. The molecule has 0 saturated carbocycles. The molecule has 1 N–H and O–H groups in total. The molecule has 1 aromatic heterocycles. The first-order valence-corrected chi connectivity index (χ1v) is 6.60. The molecular formula is C14H24N2O3. The van der Waals surface area contributed by atoms with Crippen LogP contribution in [0.15, 0.2) is 18.3 Å². The van der Waals surface area contributed by atoms with Crippen molar-refractivity contribution in [2.24, 2.45) is 0 Å². The van der Waals surface area contributed by atoms with Crippen LogP contribution >= 0.6 is 0 Å². The molecule has 0 aromatic carbocycles. The molecule has 1 heterocycles. The third-order valence-corrected chi connectivity index (χ3v) is 2.42. The summed E-state index contributed by atoms with van der Waals surface area (Å²) in [6.07, 6.45) is 1.76. The highest BCUT2D eigenvalue weighted by Gasteiger charge is 2.00. The van der Waals surface area contributed by atoms with E-state index in [9.17, 15) is 0 Å². The SMILES string of the molecule is COCCOCCOc1cc(CNC(C)C)ccn1. The Kier molecular flexibility index (Phi) is 8.13. The van der Waals surface area contributed by atoms with Gasteiger partial charge in [0.25, 0.3) is 0 Å². The van der Waals surface area contributed by atoms with E-state index in [0.29, 0.717) is 38.3 Å². The zero-order valence-corrected chi connectivity index (χ0v) is 12.0. The van der Waals surface area contributed by atoms with E-state index in [0.717, 1.165) is 6.54 Å². The topological polar surface area (TPSA) is 52.6 Å². The van der Waals surface area contributed by atoms with Crippen molar-refractivity contribution in [1.29, 1.82) is 0 Å². The summed E-state index contributed by atoms with van der Waals surface area (Å²) in [4.78, 5) is 4.17. The highest BCUT2D eigenvalue weighted by Crippen LogP contribution is 2.09. The van der Waals surface area contributed by atoms with Crippen molar-refractivity contribution in [3.8, 4) is 5.88 Å². The molecule has 0 amide bonds. The maximum absolute atomic E-state index is 5.53. The van der Waals surface area contributed by atoms with Crippen LogP contribution in [-0.4, -0.2) is 44.6 Å². The van der Waals surface area contributed by atoms with Gasteiger partial charge in [0.1, 0.15) is 6.61 Å². The predicted octanol–water partition coefficient (Wildman–Crippen LogP) is 1.62. The second-order valence-corrected chi connectivity index (χ2v) is 4.49. The third kappa shape index (κ3) is 7.77. The van der Waals surface area contributed by atoms with Crippen molar-refractivity contribution in [3.63, 3.8) is 0 Å². The molecule has 0 saturated heterocycles. The number of ether oxygens (including phenoxy) is 3. The summed E-state index contributed by atoms with van der Waals surface area (Å²) in [7, 11) is 1.65. The lowest BCUT2D eigenvalue weighted by Gasteiger charge is -2.10. The maximum atomic E-state index is 5.53. The fraction of sp³-hybridized carbons (Fsp3) is 0.643. The van der Waals surface area contributed by atoms with Crippen molar-refractivity contribution in [3.05, 3.63) is 23.9 Å². The molecule has 0 fully saturated rings. The highest BCUT2D eigenvalue weighted by molar-refractivity contribution is 5.20. The quantitative estimate of drug-likeness (QED) is 0.654. The van der Waals surface area contributed by atoms with Crippen LogP contribution in [0.1, 0.15) is 19.4 Å². The predicted molar refractivity (Wildman–Crippen MR) is 74.4 cm³/mol. The minimum Gasteiger partial charge on any atom is -0.475 e.